The number of cyclic esters (lactones) is 1. The van der Waals surface area contributed by atoms with E-state index in [-0.39, 0.29) is 36.7 Å². The van der Waals surface area contributed by atoms with Crippen LogP contribution in [0, 0.1) is 23.6 Å². The molecule has 16 heteroatoms. The molecule has 1 heterocycles. The van der Waals surface area contributed by atoms with E-state index in [0.717, 1.165) is 15.4 Å². The summed E-state index contributed by atoms with van der Waals surface area (Å²) in [4.78, 5) is 98.0. The van der Waals surface area contributed by atoms with Crippen molar-refractivity contribution in [2.45, 2.75) is 137 Å². The van der Waals surface area contributed by atoms with E-state index in [1.165, 1.54) is 65.2 Å². The number of amides is 6. The number of allylic oxidation sites excluding steroid dienone is 1. The van der Waals surface area contributed by atoms with Crippen LogP contribution in [0.4, 0.5) is 4.39 Å². The van der Waals surface area contributed by atoms with Crippen LogP contribution in [0.5, 0.6) is 0 Å². The summed E-state index contributed by atoms with van der Waals surface area (Å²) in [5, 5.41) is 22.2. The standard InChI is InChI=1S/C44H67FN6O9/c1-13-25(5)37-28(8)34(52)20-15-27(7)44(59)60-35(21-24(3)4)40(55)47-30(10)42(57)51(12)33(22-31-16-18-32(45)19-17-31)43(58)50(11)23-36(53)48-38(26(6)14-2)41(56)46-29(9)39(54)49-37/h13,15-19,24,26,28-30,33-35,37-38,52H,14,20-23H2,1-12H3,(H,46,56)(H,47,55)(H,48,53)(H,49,54)/b25-13+,27-15+/t26?,28-,29+,30-,33+,34-,35+,37+,38?/m0/s1. The molecule has 60 heavy (non-hydrogen) atoms. The summed E-state index contributed by atoms with van der Waals surface area (Å²) in [6, 6.07) is 0.131. The number of hydrogen-bond acceptors (Lipinski definition) is 9. The van der Waals surface area contributed by atoms with Crippen LogP contribution < -0.4 is 21.3 Å². The molecule has 2 unspecified atom stereocenters. The van der Waals surface area contributed by atoms with E-state index in [9.17, 15) is 43.1 Å². The molecule has 0 aromatic heterocycles. The lowest BCUT2D eigenvalue weighted by Gasteiger charge is -2.33. The van der Waals surface area contributed by atoms with Crippen LogP contribution in [0.2, 0.25) is 0 Å². The second-order valence-corrected chi connectivity index (χ2v) is 16.5. The summed E-state index contributed by atoms with van der Waals surface area (Å²) in [5.41, 5.74) is 1.38. The van der Waals surface area contributed by atoms with Crippen LogP contribution in [0.1, 0.15) is 94.1 Å². The first-order chi connectivity index (χ1) is 28.0. The molecule has 0 aliphatic carbocycles. The maximum atomic E-state index is 14.1. The molecule has 0 radical (unpaired) electrons. The molecule has 0 saturated carbocycles. The first kappa shape index (κ1) is 51.0. The zero-order valence-corrected chi connectivity index (χ0v) is 37.3. The third-order valence-corrected chi connectivity index (χ3v) is 11.1. The predicted molar refractivity (Wildman–Crippen MR) is 225 cm³/mol. The van der Waals surface area contributed by atoms with E-state index < -0.39 is 102 Å². The van der Waals surface area contributed by atoms with E-state index >= 15 is 0 Å². The maximum Gasteiger partial charge on any atom is 0.334 e. The van der Waals surface area contributed by atoms with Crippen molar-refractivity contribution in [1.29, 1.82) is 0 Å². The van der Waals surface area contributed by atoms with Gasteiger partial charge >= 0.3 is 5.97 Å². The summed E-state index contributed by atoms with van der Waals surface area (Å²) >= 11 is 0. The Hall–Kier alpha value is -5.12. The number of carbonyl (C=O) groups excluding carboxylic acids is 7. The molecule has 5 N–H and O–H groups in total. The molecule has 6 amide bonds. The number of halogens is 1. The quantitative estimate of drug-likeness (QED) is 0.202. The molecular weight excluding hydrogens is 776 g/mol. The largest absolute Gasteiger partial charge is 0.449 e. The predicted octanol–water partition coefficient (Wildman–Crippen LogP) is 2.95. The van der Waals surface area contributed by atoms with Crippen molar-refractivity contribution in [3.63, 3.8) is 0 Å². The minimum atomic E-state index is -1.29. The lowest BCUT2D eigenvalue weighted by Crippen LogP contribution is -2.58. The molecule has 0 saturated heterocycles. The number of benzene rings is 1. The molecular formula is C44H67FN6O9. The zero-order chi connectivity index (χ0) is 45.6. The van der Waals surface area contributed by atoms with Gasteiger partial charge in [0, 0.05) is 32.0 Å². The Balaban J connectivity index is 2.63. The second-order valence-electron chi connectivity index (χ2n) is 16.5. The Kier molecular flexibility index (Phi) is 20.1. The Labute approximate surface area is 354 Å². The highest BCUT2D eigenvalue weighted by Crippen LogP contribution is 2.21. The molecule has 1 aromatic carbocycles. The van der Waals surface area contributed by atoms with Gasteiger partial charge in [0.15, 0.2) is 6.10 Å². The summed E-state index contributed by atoms with van der Waals surface area (Å²) in [6.45, 7) is 16.5. The van der Waals surface area contributed by atoms with Gasteiger partial charge in [-0.15, -0.1) is 0 Å². The first-order valence-corrected chi connectivity index (χ1v) is 20.7. The fourth-order valence-electron chi connectivity index (χ4n) is 6.69. The monoisotopic (exact) mass is 842 g/mol. The number of esters is 1. The number of aliphatic hydroxyl groups excluding tert-OH is 1. The molecule has 2 rings (SSSR count). The van der Waals surface area contributed by atoms with E-state index in [2.05, 4.69) is 21.3 Å². The summed E-state index contributed by atoms with van der Waals surface area (Å²) in [6.07, 6.45) is 1.48. The lowest BCUT2D eigenvalue weighted by molar-refractivity contribution is -0.154. The molecule has 1 aromatic rings. The minimum Gasteiger partial charge on any atom is -0.449 e. The van der Waals surface area contributed by atoms with Crippen molar-refractivity contribution in [2.24, 2.45) is 17.8 Å². The molecule has 1 aliphatic rings. The normalized spacial score (nSPS) is 28.6. The molecule has 334 valence electrons. The van der Waals surface area contributed by atoms with E-state index in [1.807, 2.05) is 20.8 Å². The first-order valence-electron chi connectivity index (χ1n) is 20.7. The Morgan fingerprint density at radius 2 is 1.50 bits per heavy atom. The van der Waals surface area contributed by atoms with Crippen molar-refractivity contribution in [3.8, 4) is 0 Å². The van der Waals surface area contributed by atoms with Crippen LogP contribution in [0.15, 0.2) is 47.6 Å². The van der Waals surface area contributed by atoms with Crippen LogP contribution in [-0.4, -0.2) is 119 Å². The Morgan fingerprint density at radius 1 is 0.900 bits per heavy atom. The van der Waals surface area contributed by atoms with Gasteiger partial charge in [-0.05, 0) is 77.0 Å². The van der Waals surface area contributed by atoms with Gasteiger partial charge in [-0.2, -0.15) is 0 Å². The lowest BCUT2D eigenvalue weighted by atomic mass is 9.88. The van der Waals surface area contributed by atoms with Gasteiger partial charge in [-0.3, -0.25) is 28.8 Å². The SMILES string of the molecule is C/C=C(\C)[C@H]1NC(=O)[C@@H](C)NC(=O)C(C(C)CC)NC(=O)CN(C)C(=O)[C@@H](Cc2ccc(F)cc2)N(C)C(=O)[C@H](C)NC(=O)[C@@H](CC(C)C)OC(=O)/C(C)=C/C[C@H](O)[C@@H]1C. The molecule has 9 atom stereocenters. The highest BCUT2D eigenvalue weighted by atomic mass is 19.1. The summed E-state index contributed by atoms with van der Waals surface area (Å²) < 4.78 is 19.5. The number of nitrogens with zero attached hydrogens (tertiary/aromatic N) is 2. The summed E-state index contributed by atoms with van der Waals surface area (Å²) in [5.74, 6) is -6.26. The van der Waals surface area contributed by atoms with Crippen molar-refractivity contribution >= 4 is 41.4 Å². The Morgan fingerprint density at radius 3 is 2.07 bits per heavy atom. The van der Waals surface area contributed by atoms with Gasteiger partial charge in [0.2, 0.25) is 29.5 Å². The van der Waals surface area contributed by atoms with Crippen molar-refractivity contribution in [2.75, 3.05) is 20.6 Å². The van der Waals surface area contributed by atoms with Gasteiger partial charge in [0.25, 0.3) is 5.91 Å². The zero-order valence-electron chi connectivity index (χ0n) is 37.3. The average molecular weight is 843 g/mol. The van der Waals surface area contributed by atoms with Gasteiger partial charge in [-0.1, -0.05) is 70.9 Å². The third-order valence-electron chi connectivity index (χ3n) is 11.1. The van der Waals surface area contributed by atoms with Crippen molar-refractivity contribution in [3.05, 3.63) is 58.9 Å². The molecule has 1 aliphatic heterocycles. The van der Waals surface area contributed by atoms with Crippen molar-refractivity contribution < 1.29 is 47.8 Å². The van der Waals surface area contributed by atoms with Gasteiger partial charge in [-0.25, -0.2) is 9.18 Å². The fourth-order valence-corrected chi connectivity index (χ4v) is 6.69. The number of aliphatic hydroxyl groups is 1. The average Bonchev–Trinajstić information content (AvgIpc) is 3.20. The number of likely N-dealkylation sites (N-methyl/N-ethyl adjacent to an activating group) is 2. The maximum absolute atomic E-state index is 14.1. The fraction of sp³-hybridized carbons (Fsp3) is 0.614. The van der Waals surface area contributed by atoms with Crippen LogP contribution >= 0.6 is 0 Å². The number of ether oxygens (including phenoxy) is 1. The number of carbonyl (C=O) groups is 7. The smallest absolute Gasteiger partial charge is 0.334 e. The highest BCUT2D eigenvalue weighted by Gasteiger charge is 2.36. The van der Waals surface area contributed by atoms with E-state index in [1.54, 1.807) is 33.8 Å². The highest BCUT2D eigenvalue weighted by molar-refractivity contribution is 5.96. The number of hydrogen-bond donors (Lipinski definition) is 5. The minimum absolute atomic E-state index is 0.0000496. The summed E-state index contributed by atoms with van der Waals surface area (Å²) in [7, 11) is 2.74. The molecule has 15 nitrogen and oxygen atoms in total. The van der Waals surface area contributed by atoms with Gasteiger partial charge in [0.05, 0.1) is 18.7 Å². The molecule has 0 fully saturated rings. The van der Waals surface area contributed by atoms with Crippen LogP contribution in [0.25, 0.3) is 0 Å². The van der Waals surface area contributed by atoms with E-state index in [4.69, 9.17) is 4.74 Å². The number of rotatable bonds is 7. The van der Waals surface area contributed by atoms with E-state index in [0.29, 0.717) is 12.0 Å². The molecule has 0 spiro atoms. The number of nitrogens with one attached hydrogen (secondary N) is 4. The van der Waals surface area contributed by atoms with Crippen LogP contribution in [0.3, 0.4) is 0 Å². The second kappa shape index (κ2) is 23.6. The van der Waals surface area contributed by atoms with Crippen molar-refractivity contribution in [1.82, 2.24) is 31.1 Å². The third kappa shape index (κ3) is 14.9. The molecule has 0 bridgehead atoms. The van der Waals surface area contributed by atoms with Gasteiger partial charge < -0.3 is 40.9 Å². The topological polar surface area (TPSA) is 204 Å². The van der Waals surface area contributed by atoms with Crippen LogP contribution in [-0.2, 0) is 44.7 Å². The Bertz CT molecular complexity index is 1750. The van der Waals surface area contributed by atoms with Gasteiger partial charge in [0.1, 0.15) is 30.0 Å².